The average Bonchev–Trinajstić information content (AvgIpc) is 3.26. The number of benzene rings is 1. The molecule has 6 amide bonds. The Morgan fingerprint density at radius 2 is 1.62 bits per heavy atom. The molecule has 2 heterocycles. The third-order valence-electron chi connectivity index (χ3n) is 11.7. The van der Waals surface area contributed by atoms with Gasteiger partial charge in [-0.05, 0) is 50.0 Å². The molecule has 2 aliphatic rings. The molecule has 10 unspecified atom stereocenters. The summed E-state index contributed by atoms with van der Waals surface area (Å²) in [5.74, 6) is -7.91. The molecule has 23 nitrogen and oxygen atoms in total. The summed E-state index contributed by atoms with van der Waals surface area (Å²) in [5.41, 5.74) is 11.6. The minimum absolute atomic E-state index is 0.00197. The standard InChI is InChI=1S/C41H65N9O14S/c1-8-22(3)31-40(58)64-24(5)32(48-36(54)29(51)21-63-65(59,60)61)37(55)45-26(16-13-19-44-41(42)43)34(52)46-27-17-18-30(62-7)50(38(27)56)33(23(4)9-2)39(57)49(6)28(35(53)47-31)20-25-14-11-10-12-15-25/h10-12,14-15,22-24,26-33,51H,8-9,13,16-21H2,1-7H3,(H,45,55)(H,46,52)(H,47,53)(H,48,54)(H4,42,43,44)(H,59,60,61)/t22?,23?,24?,26?,27?,28?,29-,30?,31?,32?,33?/m1/s1. The van der Waals surface area contributed by atoms with Crippen LogP contribution in [-0.4, -0.2) is 157 Å². The number of nitrogens with one attached hydrogen (secondary N) is 4. The van der Waals surface area contributed by atoms with Gasteiger partial charge < -0.3 is 57.1 Å². The molecule has 2 aliphatic heterocycles. The van der Waals surface area contributed by atoms with Crippen LogP contribution in [0.2, 0.25) is 0 Å². The summed E-state index contributed by atoms with van der Waals surface area (Å²) in [6.45, 7) is 6.93. The number of esters is 1. The molecule has 1 aromatic carbocycles. The first-order chi connectivity index (χ1) is 30.5. The number of ether oxygens (including phenoxy) is 2. The first-order valence-corrected chi connectivity index (χ1v) is 22.8. The third kappa shape index (κ3) is 15.3. The molecule has 1 aromatic rings. The Bertz CT molecular complexity index is 1970. The number of hydrogen-bond acceptors (Lipinski definition) is 14. The zero-order chi connectivity index (χ0) is 48.8. The monoisotopic (exact) mass is 939 g/mol. The number of cyclic esters (lactones) is 1. The van der Waals surface area contributed by atoms with E-state index < -0.39 is 125 Å². The van der Waals surface area contributed by atoms with Gasteiger partial charge in [-0.1, -0.05) is 70.9 Å². The molecule has 0 aromatic heterocycles. The number of aliphatic hydroxyl groups is 1. The normalized spacial score (nSPS) is 26.8. The maximum absolute atomic E-state index is 15.0. The molecule has 0 aliphatic carbocycles. The van der Waals surface area contributed by atoms with E-state index in [9.17, 15) is 47.1 Å². The molecule has 2 saturated heterocycles. The van der Waals surface area contributed by atoms with E-state index in [2.05, 4.69) is 30.4 Å². The van der Waals surface area contributed by atoms with Crippen molar-refractivity contribution in [3.8, 4) is 0 Å². The molecule has 65 heavy (non-hydrogen) atoms. The van der Waals surface area contributed by atoms with Crippen molar-refractivity contribution in [2.45, 2.75) is 134 Å². The number of carbonyl (C=O) groups is 7. The van der Waals surface area contributed by atoms with Gasteiger partial charge in [-0.15, -0.1) is 0 Å². The van der Waals surface area contributed by atoms with Gasteiger partial charge in [0.15, 0.2) is 12.1 Å². The molecule has 10 N–H and O–H groups in total. The van der Waals surface area contributed by atoms with Crippen molar-refractivity contribution in [1.82, 2.24) is 31.1 Å². The first-order valence-electron chi connectivity index (χ1n) is 21.5. The van der Waals surface area contributed by atoms with Crippen molar-refractivity contribution in [2.75, 3.05) is 27.3 Å². The maximum Gasteiger partial charge on any atom is 0.397 e. The first kappa shape index (κ1) is 53.9. The van der Waals surface area contributed by atoms with Gasteiger partial charge in [-0.2, -0.15) is 8.42 Å². The van der Waals surface area contributed by atoms with Crippen LogP contribution in [0.3, 0.4) is 0 Å². The summed E-state index contributed by atoms with van der Waals surface area (Å²) in [4.78, 5) is 106. The summed E-state index contributed by atoms with van der Waals surface area (Å²) >= 11 is 0. The number of carbonyl (C=O) groups excluding carboxylic acids is 7. The largest absolute Gasteiger partial charge is 0.458 e. The number of rotatable bonds is 16. The van der Waals surface area contributed by atoms with Crippen molar-refractivity contribution >= 4 is 57.8 Å². The van der Waals surface area contributed by atoms with Gasteiger partial charge in [-0.3, -0.25) is 38.3 Å². The van der Waals surface area contributed by atoms with E-state index in [4.69, 9.17) is 25.5 Å². The van der Waals surface area contributed by atoms with Crippen molar-refractivity contribution in [2.24, 2.45) is 28.3 Å². The minimum Gasteiger partial charge on any atom is -0.458 e. The quantitative estimate of drug-likeness (QED) is 0.0299. The van der Waals surface area contributed by atoms with Crippen LogP contribution in [0.5, 0.6) is 0 Å². The topological polar surface area (TPSA) is 341 Å². The number of guanidine groups is 1. The highest BCUT2D eigenvalue weighted by Crippen LogP contribution is 2.29. The van der Waals surface area contributed by atoms with Crippen LogP contribution in [0.4, 0.5) is 0 Å². The molecule has 364 valence electrons. The molecule has 3 rings (SSSR count). The summed E-state index contributed by atoms with van der Waals surface area (Å²) in [7, 11) is -2.31. The molecule has 2 fully saturated rings. The number of nitrogens with two attached hydrogens (primary N) is 2. The van der Waals surface area contributed by atoms with Crippen LogP contribution in [0.25, 0.3) is 0 Å². The summed E-state index contributed by atoms with van der Waals surface area (Å²) in [6.07, 6.45) is -3.99. The lowest BCUT2D eigenvalue weighted by atomic mass is 9.91. The second kappa shape index (κ2) is 24.7. The van der Waals surface area contributed by atoms with E-state index in [1.807, 2.05) is 6.92 Å². The van der Waals surface area contributed by atoms with Gasteiger partial charge in [0.05, 0.1) is 0 Å². The Morgan fingerprint density at radius 3 is 2.20 bits per heavy atom. The number of aliphatic hydroxyl groups excluding tert-OH is 1. The lowest BCUT2D eigenvalue weighted by Crippen LogP contribution is -2.66. The third-order valence-corrected chi connectivity index (χ3v) is 12.1. The maximum atomic E-state index is 15.0. The summed E-state index contributed by atoms with van der Waals surface area (Å²) < 4.78 is 46.9. The zero-order valence-corrected chi connectivity index (χ0v) is 38.6. The fourth-order valence-corrected chi connectivity index (χ4v) is 7.76. The Labute approximate surface area is 379 Å². The van der Waals surface area contributed by atoms with E-state index in [1.165, 1.54) is 30.9 Å². The van der Waals surface area contributed by atoms with Crippen molar-refractivity contribution in [3.05, 3.63) is 35.9 Å². The summed E-state index contributed by atoms with van der Waals surface area (Å²) in [5, 5.41) is 20.5. The highest BCUT2D eigenvalue weighted by molar-refractivity contribution is 7.80. The van der Waals surface area contributed by atoms with Crippen LogP contribution in [0, 0.1) is 11.8 Å². The Hall–Kier alpha value is -5.43. The molecule has 2 bridgehead atoms. The molecule has 11 atom stereocenters. The molecule has 0 radical (unpaired) electrons. The van der Waals surface area contributed by atoms with E-state index in [0.717, 1.165) is 0 Å². The van der Waals surface area contributed by atoms with Gasteiger partial charge in [-0.25, -0.2) is 8.98 Å². The molecular formula is C41H65N9O14S. The molecule has 0 saturated carbocycles. The number of likely N-dealkylation sites (N-methyl/N-ethyl adjacent to an activating group) is 1. The zero-order valence-electron chi connectivity index (χ0n) is 37.8. The minimum atomic E-state index is -5.11. The Balaban J connectivity index is 2.26. The number of aliphatic imine (C=N–C) groups is 1. The van der Waals surface area contributed by atoms with E-state index in [0.29, 0.717) is 18.4 Å². The predicted molar refractivity (Wildman–Crippen MR) is 233 cm³/mol. The number of hydrogen-bond donors (Lipinski definition) is 8. The van der Waals surface area contributed by atoms with E-state index >= 15 is 0 Å². The second-order valence-corrected chi connectivity index (χ2v) is 17.4. The highest BCUT2D eigenvalue weighted by Gasteiger charge is 2.47. The molecular weight excluding hydrogens is 875 g/mol. The van der Waals surface area contributed by atoms with Crippen LogP contribution in [0.15, 0.2) is 35.3 Å². The summed E-state index contributed by atoms with van der Waals surface area (Å²) in [6, 6.07) is 0.291. The molecule has 0 spiro atoms. The number of methoxy groups -OCH3 is 1. The lowest BCUT2D eigenvalue weighted by Gasteiger charge is -2.46. The number of piperidine rings is 1. The van der Waals surface area contributed by atoms with Crippen molar-refractivity contribution < 1.29 is 65.3 Å². The number of amides is 6. The van der Waals surface area contributed by atoms with Gasteiger partial charge in [0, 0.05) is 27.1 Å². The van der Waals surface area contributed by atoms with Crippen LogP contribution in [-0.2, 0) is 64.0 Å². The van der Waals surface area contributed by atoms with Crippen molar-refractivity contribution in [1.29, 1.82) is 0 Å². The van der Waals surface area contributed by atoms with Gasteiger partial charge in [0.25, 0.3) is 5.91 Å². The highest BCUT2D eigenvalue weighted by atomic mass is 32.3. The fourth-order valence-electron chi connectivity index (χ4n) is 7.46. The molecule has 24 heteroatoms. The van der Waals surface area contributed by atoms with Gasteiger partial charge in [0.2, 0.25) is 29.5 Å². The van der Waals surface area contributed by atoms with Crippen LogP contribution >= 0.6 is 0 Å². The van der Waals surface area contributed by atoms with Gasteiger partial charge in [0.1, 0.15) is 55.2 Å². The lowest BCUT2D eigenvalue weighted by molar-refractivity contribution is -0.171. The van der Waals surface area contributed by atoms with E-state index in [1.54, 1.807) is 51.1 Å². The smallest absolute Gasteiger partial charge is 0.397 e. The Morgan fingerprint density at radius 1 is 0.969 bits per heavy atom. The average molecular weight is 940 g/mol. The van der Waals surface area contributed by atoms with Crippen LogP contribution < -0.4 is 32.7 Å². The fraction of sp³-hybridized carbons (Fsp3) is 0.659. The number of nitrogens with zero attached hydrogens (tertiary/aromatic N) is 3. The van der Waals surface area contributed by atoms with E-state index in [-0.39, 0.29) is 44.6 Å². The van der Waals surface area contributed by atoms with Crippen LogP contribution in [0.1, 0.15) is 78.7 Å². The SMILES string of the molecule is CCC(C)C1NC(=O)C(Cc2ccccc2)N(C)C(=O)C(C(C)CC)N2C(=O)C(CCC2OC)NC(=O)C(CCCN=C(N)N)NC(=O)C(NC(=O)[C@H](O)COS(=O)(=O)O)C(C)OC1=O. The second-order valence-electron chi connectivity index (χ2n) is 16.3. The Kier molecular flexibility index (Phi) is 20.5. The van der Waals surface area contributed by atoms with Crippen molar-refractivity contribution in [3.63, 3.8) is 0 Å². The van der Waals surface area contributed by atoms with Gasteiger partial charge >= 0.3 is 16.4 Å². The predicted octanol–water partition coefficient (Wildman–Crippen LogP) is -1.77. The number of fused-ring (bicyclic) bond motifs is 2.